The SMILES string of the molecule is CCCCCCC/C=C\CCCCCCCC(=O)OCCCCCCCCCCC/C=C\C/C=C\CCCCCCCCCCCCCCCC(=O)NC(CO)C(O)CCCCCCCCCCCCCCCCCCCCCC. The number of carbonyl (C=O) groups is 2. The number of unbranched alkanes of at least 4 members (excludes halogenated alkanes) is 51. The van der Waals surface area contributed by atoms with Crippen LogP contribution in [0.4, 0.5) is 0 Å². The molecule has 0 heterocycles. The molecular weight excluding hydrogens is 983 g/mol. The Kier molecular flexibility index (Phi) is 67.9. The van der Waals surface area contributed by atoms with E-state index < -0.39 is 12.1 Å². The van der Waals surface area contributed by atoms with Crippen molar-refractivity contribution in [2.75, 3.05) is 13.2 Å². The Morgan fingerprint density at radius 2 is 0.625 bits per heavy atom. The van der Waals surface area contributed by atoms with Crippen molar-refractivity contribution in [3.8, 4) is 0 Å². The molecular formula is C74H141NO5. The third-order valence-corrected chi connectivity index (χ3v) is 16.9. The molecule has 0 aromatic carbocycles. The normalized spacial score (nSPS) is 12.7. The molecule has 2 atom stereocenters. The van der Waals surface area contributed by atoms with Crippen LogP contribution < -0.4 is 5.32 Å². The first-order valence-electron chi connectivity index (χ1n) is 36.2. The molecule has 0 spiro atoms. The molecule has 0 radical (unpaired) electrons. The Labute approximate surface area is 500 Å². The van der Waals surface area contributed by atoms with Gasteiger partial charge in [0.2, 0.25) is 5.91 Å². The number of aliphatic hydroxyl groups excluding tert-OH is 2. The number of amides is 1. The summed E-state index contributed by atoms with van der Waals surface area (Å²) in [6, 6.07) is -0.543. The number of ether oxygens (including phenoxy) is 1. The third-order valence-electron chi connectivity index (χ3n) is 16.9. The van der Waals surface area contributed by atoms with Crippen LogP contribution in [0, 0.1) is 0 Å². The van der Waals surface area contributed by atoms with E-state index in [0.717, 1.165) is 51.4 Å². The van der Waals surface area contributed by atoms with E-state index >= 15 is 0 Å². The van der Waals surface area contributed by atoms with Crippen LogP contribution in [0.5, 0.6) is 0 Å². The summed E-state index contributed by atoms with van der Waals surface area (Å²) >= 11 is 0. The van der Waals surface area contributed by atoms with Crippen molar-refractivity contribution in [2.24, 2.45) is 0 Å². The van der Waals surface area contributed by atoms with Crippen molar-refractivity contribution in [3.05, 3.63) is 36.5 Å². The Morgan fingerprint density at radius 1 is 0.350 bits per heavy atom. The fraction of sp³-hybridized carbons (Fsp3) is 0.892. The zero-order valence-corrected chi connectivity index (χ0v) is 54.1. The lowest BCUT2D eigenvalue weighted by molar-refractivity contribution is -0.143. The van der Waals surface area contributed by atoms with Crippen LogP contribution >= 0.6 is 0 Å². The zero-order valence-electron chi connectivity index (χ0n) is 54.1. The van der Waals surface area contributed by atoms with Crippen LogP contribution in [0.3, 0.4) is 0 Å². The van der Waals surface area contributed by atoms with Crippen molar-refractivity contribution in [2.45, 2.75) is 411 Å². The first-order valence-corrected chi connectivity index (χ1v) is 36.2. The predicted octanol–water partition coefficient (Wildman–Crippen LogP) is 23.5. The second-order valence-corrected chi connectivity index (χ2v) is 24.9. The maximum absolute atomic E-state index is 12.5. The fourth-order valence-electron chi connectivity index (χ4n) is 11.4. The number of nitrogens with one attached hydrogen (secondary N) is 1. The van der Waals surface area contributed by atoms with E-state index in [1.807, 2.05) is 0 Å². The van der Waals surface area contributed by atoms with Crippen LogP contribution in [0.25, 0.3) is 0 Å². The molecule has 0 aliphatic heterocycles. The Bertz CT molecular complexity index is 1300. The molecule has 0 bridgehead atoms. The number of esters is 1. The number of aliphatic hydroxyl groups is 2. The van der Waals surface area contributed by atoms with E-state index in [2.05, 4.69) is 55.6 Å². The van der Waals surface area contributed by atoms with Crippen LogP contribution in [0.2, 0.25) is 0 Å². The molecule has 0 saturated carbocycles. The molecule has 80 heavy (non-hydrogen) atoms. The van der Waals surface area contributed by atoms with Crippen LogP contribution in [-0.2, 0) is 14.3 Å². The molecule has 0 rings (SSSR count). The lowest BCUT2D eigenvalue weighted by Crippen LogP contribution is -2.45. The number of hydrogen-bond acceptors (Lipinski definition) is 5. The highest BCUT2D eigenvalue weighted by atomic mass is 16.5. The molecule has 0 aliphatic carbocycles. The average Bonchev–Trinajstić information content (AvgIpc) is 3.46. The van der Waals surface area contributed by atoms with Gasteiger partial charge in [0.15, 0.2) is 0 Å². The highest BCUT2D eigenvalue weighted by Gasteiger charge is 2.20. The second-order valence-electron chi connectivity index (χ2n) is 24.9. The molecule has 1 amide bonds. The Hall–Kier alpha value is -1.92. The summed E-state index contributed by atoms with van der Waals surface area (Å²) in [5.74, 6) is -0.0281. The van der Waals surface area contributed by atoms with Crippen molar-refractivity contribution < 1.29 is 24.5 Å². The molecule has 2 unspecified atom stereocenters. The van der Waals surface area contributed by atoms with Gasteiger partial charge in [0.1, 0.15) is 0 Å². The van der Waals surface area contributed by atoms with Gasteiger partial charge in [0.05, 0.1) is 25.4 Å². The topological polar surface area (TPSA) is 95.9 Å². The molecule has 0 fully saturated rings. The minimum Gasteiger partial charge on any atom is -0.466 e. The van der Waals surface area contributed by atoms with Gasteiger partial charge in [-0.25, -0.2) is 0 Å². The number of rotatable bonds is 68. The quantitative estimate of drug-likeness (QED) is 0.0320. The second kappa shape index (κ2) is 69.6. The first-order chi connectivity index (χ1) is 39.5. The summed E-state index contributed by atoms with van der Waals surface area (Å²) in [5.41, 5.74) is 0. The largest absolute Gasteiger partial charge is 0.466 e. The molecule has 0 aliphatic rings. The highest BCUT2D eigenvalue weighted by Crippen LogP contribution is 2.19. The number of hydrogen-bond donors (Lipinski definition) is 3. The standard InChI is InChI=1S/C74H141NO5/c1-3-5-7-9-11-13-15-17-19-20-21-33-36-39-42-46-50-54-58-62-66-72(77)71(70-76)75-73(78)67-63-59-55-51-47-43-40-37-34-31-29-27-25-23-22-24-26-28-30-32-35-38-41-45-49-53-57-61-65-69-80-74(79)68-64-60-56-52-48-44-18-16-14-12-10-8-6-4-2/h16,18,22,24,28,30,71-72,76-77H,3-15,17,19-21,23,25-27,29,31-70H2,1-2H3,(H,75,78)/b18-16-,24-22-,30-28-. The zero-order chi connectivity index (χ0) is 57.8. The van der Waals surface area contributed by atoms with Gasteiger partial charge < -0.3 is 20.3 Å². The highest BCUT2D eigenvalue weighted by molar-refractivity contribution is 5.76. The summed E-state index contributed by atoms with van der Waals surface area (Å²) < 4.78 is 5.48. The minimum atomic E-state index is -0.666. The van der Waals surface area contributed by atoms with Crippen LogP contribution in [0.1, 0.15) is 399 Å². The van der Waals surface area contributed by atoms with Crippen LogP contribution in [-0.4, -0.2) is 47.4 Å². The van der Waals surface area contributed by atoms with E-state index in [-0.39, 0.29) is 18.5 Å². The average molecular weight is 1120 g/mol. The van der Waals surface area contributed by atoms with Crippen molar-refractivity contribution in [1.29, 1.82) is 0 Å². The van der Waals surface area contributed by atoms with Gasteiger partial charge in [-0.3, -0.25) is 9.59 Å². The van der Waals surface area contributed by atoms with Gasteiger partial charge in [-0.1, -0.05) is 339 Å². The lowest BCUT2D eigenvalue weighted by Gasteiger charge is -2.22. The third kappa shape index (κ3) is 65.2. The monoisotopic (exact) mass is 1120 g/mol. The maximum Gasteiger partial charge on any atom is 0.305 e. The molecule has 6 nitrogen and oxygen atoms in total. The molecule has 0 aromatic rings. The Balaban J connectivity index is 3.41. The van der Waals surface area contributed by atoms with E-state index in [4.69, 9.17) is 4.74 Å². The van der Waals surface area contributed by atoms with Crippen molar-refractivity contribution in [3.63, 3.8) is 0 Å². The first kappa shape index (κ1) is 78.1. The summed E-state index contributed by atoms with van der Waals surface area (Å²) in [5, 5.41) is 23.4. The number of allylic oxidation sites excluding steroid dienone is 6. The smallest absolute Gasteiger partial charge is 0.305 e. The Morgan fingerprint density at radius 3 is 0.963 bits per heavy atom. The maximum atomic E-state index is 12.5. The molecule has 0 saturated heterocycles. The lowest BCUT2D eigenvalue weighted by atomic mass is 10.0. The van der Waals surface area contributed by atoms with Gasteiger partial charge in [-0.2, -0.15) is 0 Å². The van der Waals surface area contributed by atoms with Gasteiger partial charge in [0.25, 0.3) is 0 Å². The van der Waals surface area contributed by atoms with Gasteiger partial charge in [0, 0.05) is 12.8 Å². The van der Waals surface area contributed by atoms with Gasteiger partial charge in [-0.15, -0.1) is 0 Å². The van der Waals surface area contributed by atoms with E-state index in [9.17, 15) is 19.8 Å². The summed E-state index contributed by atoms with van der Waals surface area (Å²) in [4.78, 5) is 24.6. The van der Waals surface area contributed by atoms with E-state index in [1.165, 1.54) is 315 Å². The predicted molar refractivity (Wildman–Crippen MR) is 352 cm³/mol. The van der Waals surface area contributed by atoms with Gasteiger partial charge in [-0.05, 0) is 83.5 Å². The minimum absolute atomic E-state index is 0.00395. The number of carbonyl (C=O) groups excluding carboxylic acids is 2. The molecule has 472 valence electrons. The molecule has 0 aromatic heterocycles. The fourth-order valence-corrected chi connectivity index (χ4v) is 11.4. The van der Waals surface area contributed by atoms with Crippen molar-refractivity contribution >= 4 is 11.9 Å². The van der Waals surface area contributed by atoms with E-state index in [1.54, 1.807) is 0 Å². The summed E-state index contributed by atoms with van der Waals surface area (Å²) in [6.07, 6.45) is 89.1. The summed E-state index contributed by atoms with van der Waals surface area (Å²) in [7, 11) is 0. The van der Waals surface area contributed by atoms with Crippen LogP contribution in [0.15, 0.2) is 36.5 Å². The van der Waals surface area contributed by atoms with E-state index in [0.29, 0.717) is 25.9 Å². The summed E-state index contributed by atoms with van der Waals surface area (Å²) in [6.45, 7) is 4.97. The molecule has 3 N–H and O–H groups in total. The van der Waals surface area contributed by atoms with Crippen molar-refractivity contribution in [1.82, 2.24) is 5.32 Å². The molecule has 6 heteroatoms. The van der Waals surface area contributed by atoms with Gasteiger partial charge >= 0.3 is 5.97 Å².